The van der Waals surface area contributed by atoms with Crippen LogP contribution in [-0.2, 0) is 0 Å². The Bertz CT molecular complexity index is 11.2. The monoisotopic (exact) mass is 328 g/mol. The highest BCUT2D eigenvalue weighted by Crippen LogP contribution is 2.59. The van der Waals surface area contributed by atoms with E-state index in [1.807, 2.05) is 0 Å². The van der Waals surface area contributed by atoms with E-state index in [9.17, 15) is 0 Å². The zero-order chi connectivity index (χ0) is 8.28. The van der Waals surface area contributed by atoms with Crippen LogP contribution in [0.3, 0.4) is 0 Å². The molecule has 0 nitrogen and oxygen atoms in total. The van der Waals surface area contributed by atoms with Crippen molar-refractivity contribution in [2.45, 2.75) is 0 Å². The SMILES string of the molecule is P.PP.PP(P)P.PPP. The highest BCUT2D eigenvalue weighted by atomic mass is 32.7. The van der Waals surface area contributed by atoms with Gasteiger partial charge in [0.05, 0.1) is 0 Å². The summed E-state index contributed by atoms with van der Waals surface area (Å²) in [6.07, 6.45) is 0. The fourth-order valence-electron chi connectivity index (χ4n) is 0. The zero-order valence-corrected chi connectivity index (χ0v) is 17.1. The molecule has 0 aliphatic heterocycles. The molecular weight excluding hydrogens is 310 g/mol. The first-order valence-electron chi connectivity index (χ1n) is 1.69. The maximum absolute atomic E-state index is 2.65. The fourth-order valence-corrected chi connectivity index (χ4v) is 0. The Morgan fingerprint density at radius 3 is 0.900 bits per heavy atom. The molecule has 8 unspecified atom stereocenters. The summed E-state index contributed by atoms with van der Waals surface area (Å²) >= 11 is 0. The van der Waals surface area contributed by atoms with Crippen molar-refractivity contribution in [3.05, 3.63) is 0 Å². The van der Waals surface area contributed by atoms with E-state index in [0.717, 1.165) is 7.96 Å². The van der Waals surface area contributed by atoms with Crippen LogP contribution in [0.1, 0.15) is 0 Å². The summed E-state index contributed by atoms with van der Waals surface area (Å²) in [4.78, 5) is 0. The summed E-state index contributed by atoms with van der Waals surface area (Å²) in [5.41, 5.74) is 0. The lowest BCUT2D eigenvalue weighted by atomic mass is 29.2. The Balaban J connectivity index is -0.0000000273. The zero-order valence-electron chi connectivity index (χ0n) is 5.70. The number of hydrogen-bond acceptors (Lipinski definition) is 0. The van der Waals surface area contributed by atoms with Gasteiger partial charge in [0.2, 0.25) is 0 Å². The van der Waals surface area contributed by atoms with Gasteiger partial charge in [-0.05, 0) is 6.99 Å². The number of hydrogen-bond donors (Lipinski definition) is 0. The molecule has 0 aromatic rings. The molecular formula is H18P10. The second kappa shape index (κ2) is 29.2. The molecule has 68 valence electrons. The summed E-state index contributed by atoms with van der Waals surface area (Å²) in [5, 5.41) is 0. The summed E-state index contributed by atoms with van der Waals surface area (Å²) in [7, 11) is 18.7. The maximum atomic E-state index is 2.65. The van der Waals surface area contributed by atoms with Gasteiger partial charge in [-0.3, -0.25) is 0 Å². The molecule has 0 aliphatic carbocycles. The predicted molar refractivity (Wildman–Crippen MR) is 94.3 cm³/mol. The van der Waals surface area contributed by atoms with Crippen LogP contribution in [-0.4, -0.2) is 0 Å². The van der Waals surface area contributed by atoms with Gasteiger partial charge in [0.15, 0.2) is 0 Å². The van der Waals surface area contributed by atoms with E-state index >= 15 is 0 Å². The third kappa shape index (κ3) is 84.9. The molecule has 0 rings (SSSR count). The molecule has 0 heterocycles. The fraction of sp³-hybridized carbons (Fsp3) is 0. The Hall–Kier alpha value is 4.30. The molecule has 0 radical (unpaired) electrons. The van der Waals surface area contributed by atoms with Crippen LogP contribution in [0.15, 0.2) is 0 Å². The summed E-state index contributed by atoms with van der Waals surface area (Å²) < 4.78 is 0. The standard InChI is InChI=1S/H6P4.H5P3.H4P2.H3P/c1-4(2)3;1-3-2;1-2;/h1-3H2;3H,1-2H2;1-2H2;1H3. The van der Waals surface area contributed by atoms with Gasteiger partial charge in [-0.15, -0.1) is 62.5 Å². The van der Waals surface area contributed by atoms with Crippen molar-refractivity contribution in [1.29, 1.82) is 0 Å². The largest absolute Gasteiger partial charge is 0.153 e. The van der Waals surface area contributed by atoms with E-state index in [4.69, 9.17) is 0 Å². The summed E-state index contributed by atoms with van der Waals surface area (Å²) in [6.45, 7) is 0.130. The molecule has 0 bridgehead atoms. The molecule has 0 saturated heterocycles. The first-order chi connectivity index (χ1) is 4.15. The van der Waals surface area contributed by atoms with Crippen molar-refractivity contribution < 1.29 is 0 Å². The lowest BCUT2D eigenvalue weighted by molar-refractivity contribution is 5.19. The van der Waals surface area contributed by atoms with Gasteiger partial charge in [-0.2, -0.15) is 9.90 Å². The smallest absolute Gasteiger partial charge is 0.0500 e. The highest BCUT2D eigenvalue weighted by Gasteiger charge is 1.66. The molecule has 0 aromatic heterocycles. The van der Waals surface area contributed by atoms with Crippen molar-refractivity contribution in [3.63, 3.8) is 0 Å². The Morgan fingerprint density at radius 2 is 0.900 bits per heavy atom. The van der Waals surface area contributed by atoms with Crippen LogP contribution in [0.4, 0.5) is 0 Å². The Labute approximate surface area is 87.2 Å². The van der Waals surface area contributed by atoms with E-state index in [-0.39, 0.29) is 16.9 Å². The predicted octanol–water partition coefficient (Wildman–Crippen LogP) is 3.79. The average molecular weight is 328 g/mol. The van der Waals surface area contributed by atoms with Gasteiger partial charge in [0.25, 0.3) is 0 Å². The molecule has 10 heteroatoms. The summed E-state index contributed by atoms with van der Waals surface area (Å²) in [5.74, 6) is 0. The minimum atomic E-state index is 0. The first kappa shape index (κ1) is 23.8. The quantitative estimate of drug-likeness (QED) is 0.594. The van der Waals surface area contributed by atoms with Crippen LogP contribution in [0.5, 0.6) is 0 Å². The van der Waals surface area contributed by atoms with Crippen molar-refractivity contribution in [3.8, 4) is 0 Å². The van der Waals surface area contributed by atoms with Crippen LogP contribution in [0.2, 0.25) is 0 Å². The lowest BCUT2D eigenvalue weighted by Crippen LogP contribution is -0.870. The van der Waals surface area contributed by atoms with E-state index in [1.165, 1.54) is 0 Å². The molecule has 0 saturated carbocycles. The summed E-state index contributed by atoms with van der Waals surface area (Å²) in [6, 6.07) is 0. The van der Waals surface area contributed by atoms with E-state index < -0.39 is 0 Å². The first-order valence-corrected chi connectivity index (χ1v) is 15.2. The number of rotatable bonds is 0. The third-order valence-corrected chi connectivity index (χ3v) is 0. The molecule has 0 amide bonds. The minimum absolute atomic E-state index is 0. The van der Waals surface area contributed by atoms with Crippen LogP contribution in [0, 0.1) is 0 Å². The highest BCUT2D eigenvalue weighted by molar-refractivity contribution is 8.65. The van der Waals surface area contributed by atoms with Crippen molar-refractivity contribution in [2.24, 2.45) is 0 Å². The van der Waals surface area contributed by atoms with Gasteiger partial charge in [0, 0.05) is 0 Å². The molecule has 10 heavy (non-hydrogen) atoms. The van der Waals surface area contributed by atoms with Gasteiger partial charge in [0.1, 0.15) is 0 Å². The topological polar surface area (TPSA) is 0 Å². The van der Waals surface area contributed by atoms with E-state index in [1.54, 1.807) is 0 Å². The minimum Gasteiger partial charge on any atom is -0.153 e. The van der Waals surface area contributed by atoms with Gasteiger partial charge >= 0.3 is 0 Å². The van der Waals surface area contributed by atoms with E-state index in [0.29, 0.717) is 0 Å². The Morgan fingerprint density at radius 1 is 0.900 bits per heavy atom. The molecule has 0 N–H and O–H groups in total. The molecule has 8 atom stereocenters. The van der Waals surface area contributed by atoms with Gasteiger partial charge in [-0.1, -0.05) is 7.96 Å². The van der Waals surface area contributed by atoms with Crippen molar-refractivity contribution in [2.75, 3.05) is 0 Å². The van der Waals surface area contributed by atoms with Crippen molar-refractivity contribution >= 4 is 87.3 Å². The lowest BCUT2D eigenvalue weighted by Gasteiger charge is -1.81. The second-order valence-electron chi connectivity index (χ2n) is 0.614. The molecule has 0 fully saturated rings. The van der Waals surface area contributed by atoms with Crippen LogP contribution in [0.25, 0.3) is 0 Å². The Kier molecular flexibility index (Phi) is 69.6. The van der Waals surface area contributed by atoms with Crippen LogP contribution < -0.4 is 0 Å². The van der Waals surface area contributed by atoms with Gasteiger partial charge < -0.3 is 0 Å². The molecule has 0 aromatic carbocycles. The second-order valence-corrected chi connectivity index (χ2v) is 16.6. The molecule has 0 aliphatic rings. The van der Waals surface area contributed by atoms with Crippen LogP contribution >= 0.6 is 87.3 Å². The van der Waals surface area contributed by atoms with Crippen molar-refractivity contribution in [1.82, 2.24) is 0 Å². The normalized spacial score (nSPS) is 6.00. The molecule has 0 spiro atoms. The average Bonchev–Trinajstić information content (AvgIpc) is 1.71. The third-order valence-electron chi connectivity index (χ3n) is 0. The maximum Gasteiger partial charge on any atom is -0.0500 e. The van der Waals surface area contributed by atoms with E-state index in [2.05, 4.69) is 62.5 Å². The van der Waals surface area contributed by atoms with Gasteiger partial charge in [-0.25, -0.2) is 0 Å².